The summed E-state index contributed by atoms with van der Waals surface area (Å²) < 4.78 is 2.13. The summed E-state index contributed by atoms with van der Waals surface area (Å²) in [4.78, 5) is 18.7. The van der Waals surface area contributed by atoms with E-state index < -0.39 is 0 Å². The third-order valence-corrected chi connectivity index (χ3v) is 5.73. The van der Waals surface area contributed by atoms with Crippen LogP contribution in [-0.4, -0.2) is 40.7 Å². The molecule has 1 aliphatic rings. The lowest BCUT2D eigenvalue weighted by atomic mass is 10.2. The predicted molar refractivity (Wildman–Crippen MR) is 91.4 cm³/mol. The Morgan fingerprint density at radius 3 is 3.05 bits per heavy atom. The Hall–Kier alpha value is -0.820. The third kappa shape index (κ3) is 3.69. The molecule has 1 atom stereocenters. The highest BCUT2D eigenvalue weighted by atomic mass is 35.5. The van der Waals surface area contributed by atoms with E-state index in [4.69, 9.17) is 5.73 Å². The number of halogens is 1. The van der Waals surface area contributed by atoms with Gasteiger partial charge in [-0.1, -0.05) is 23.9 Å². The number of amides is 1. The van der Waals surface area contributed by atoms with Gasteiger partial charge in [0.15, 0.2) is 4.34 Å². The smallest absolute Gasteiger partial charge is 0.233 e. The summed E-state index contributed by atoms with van der Waals surface area (Å²) in [6, 6.07) is 8.29. The van der Waals surface area contributed by atoms with Gasteiger partial charge in [0, 0.05) is 19.1 Å². The highest BCUT2D eigenvalue weighted by Gasteiger charge is 2.27. The number of carbonyl (C=O) groups excluding carboxylic acids is 1. The zero-order valence-electron chi connectivity index (χ0n) is 11.5. The molecule has 2 heterocycles. The number of para-hydroxylation sites is 1. The standard InChI is InChI=1S/C14H17N3OS2.ClH/c15-8-10-4-3-7-17(10)13(18)9-19-14-16-11-5-1-2-6-12(11)20-14;/h1-2,5-6,10H,3-4,7-9,15H2;1H. The molecule has 4 nitrogen and oxygen atoms in total. The molecule has 1 saturated heterocycles. The number of rotatable bonds is 4. The van der Waals surface area contributed by atoms with Crippen LogP contribution in [0.2, 0.25) is 0 Å². The molecule has 2 aromatic rings. The minimum atomic E-state index is 0. The molecular weight excluding hydrogens is 326 g/mol. The molecule has 0 spiro atoms. The SMILES string of the molecule is Cl.NCC1CCCN1C(=O)CSc1nc2ccccc2s1. The number of hydrogen-bond donors (Lipinski definition) is 1. The summed E-state index contributed by atoms with van der Waals surface area (Å²) >= 11 is 3.17. The van der Waals surface area contributed by atoms with Gasteiger partial charge in [0.1, 0.15) is 0 Å². The molecule has 114 valence electrons. The van der Waals surface area contributed by atoms with Gasteiger partial charge in [0.25, 0.3) is 0 Å². The second-order valence-electron chi connectivity index (χ2n) is 4.86. The molecule has 21 heavy (non-hydrogen) atoms. The number of thiazole rings is 1. The number of carbonyl (C=O) groups is 1. The van der Waals surface area contributed by atoms with E-state index in [2.05, 4.69) is 11.1 Å². The Labute approximate surface area is 138 Å². The maximum Gasteiger partial charge on any atom is 0.233 e. The number of thioether (sulfide) groups is 1. The topological polar surface area (TPSA) is 59.2 Å². The van der Waals surface area contributed by atoms with Gasteiger partial charge in [-0.2, -0.15) is 0 Å². The molecule has 1 unspecified atom stereocenters. The van der Waals surface area contributed by atoms with Gasteiger partial charge >= 0.3 is 0 Å². The van der Waals surface area contributed by atoms with Crippen LogP contribution < -0.4 is 5.73 Å². The number of benzene rings is 1. The number of nitrogens with two attached hydrogens (primary N) is 1. The van der Waals surface area contributed by atoms with Crippen molar-refractivity contribution in [1.29, 1.82) is 0 Å². The van der Waals surface area contributed by atoms with Crippen molar-refractivity contribution in [3.63, 3.8) is 0 Å². The van der Waals surface area contributed by atoms with E-state index in [-0.39, 0.29) is 24.4 Å². The normalized spacial score (nSPS) is 18.0. The van der Waals surface area contributed by atoms with Crippen molar-refractivity contribution in [2.75, 3.05) is 18.8 Å². The summed E-state index contributed by atoms with van der Waals surface area (Å²) in [7, 11) is 0. The first kappa shape index (κ1) is 16.5. The first-order chi connectivity index (χ1) is 9.78. The first-order valence-corrected chi connectivity index (χ1v) is 8.56. The van der Waals surface area contributed by atoms with E-state index in [1.165, 1.54) is 16.5 Å². The Morgan fingerprint density at radius 1 is 1.48 bits per heavy atom. The van der Waals surface area contributed by atoms with Gasteiger partial charge in [-0.15, -0.1) is 23.7 Å². The van der Waals surface area contributed by atoms with Gasteiger partial charge in [0.2, 0.25) is 5.91 Å². The Bertz CT molecular complexity index is 586. The lowest BCUT2D eigenvalue weighted by Gasteiger charge is -2.22. The van der Waals surface area contributed by atoms with Gasteiger partial charge in [0.05, 0.1) is 16.0 Å². The maximum absolute atomic E-state index is 12.2. The Balaban J connectivity index is 0.00000161. The molecule has 1 fully saturated rings. The maximum atomic E-state index is 12.2. The fourth-order valence-electron chi connectivity index (χ4n) is 2.53. The summed E-state index contributed by atoms with van der Waals surface area (Å²) in [5, 5.41) is 0. The molecule has 1 aromatic heterocycles. The van der Waals surface area contributed by atoms with E-state index in [1.54, 1.807) is 11.3 Å². The molecule has 1 aromatic carbocycles. The van der Waals surface area contributed by atoms with Crippen molar-refractivity contribution in [1.82, 2.24) is 9.88 Å². The number of hydrogen-bond acceptors (Lipinski definition) is 5. The van der Waals surface area contributed by atoms with Crippen molar-refractivity contribution in [2.24, 2.45) is 5.73 Å². The van der Waals surface area contributed by atoms with E-state index in [0.29, 0.717) is 12.3 Å². The third-order valence-electron chi connectivity index (χ3n) is 3.56. The van der Waals surface area contributed by atoms with Gasteiger partial charge in [-0.05, 0) is 25.0 Å². The van der Waals surface area contributed by atoms with Crippen LogP contribution in [-0.2, 0) is 4.79 Å². The number of nitrogens with zero attached hydrogens (tertiary/aromatic N) is 2. The molecule has 1 amide bonds. The number of fused-ring (bicyclic) bond motifs is 1. The molecule has 7 heteroatoms. The largest absolute Gasteiger partial charge is 0.338 e. The van der Waals surface area contributed by atoms with Crippen LogP contribution in [0.3, 0.4) is 0 Å². The highest BCUT2D eigenvalue weighted by Crippen LogP contribution is 2.30. The van der Waals surface area contributed by atoms with Crippen LogP contribution in [0, 0.1) is 0 Å². The summed E-state index contributed by atoms with van der Waals surface area (Å²) in [5.74, 6) is 0.637. The zero-order valence-corrected chi connectivity index (χ0v) is 14.0. The monoisotopic (exact) mass is 343 g/mol. The minimum absolute atomic E-state index is 0. The zero-order chi connectivity index (χ0) is 13.9. The van der Waals surface area contributed by atoms with Crippen molar-refractivity contribution >= 4 is 51.6 Å². The molecule has 0 radical (unpaired) electrons. The first-order valence-electron chi connectivity index (χ1n) is 6.76. The average molecular weight is 344 g/mol. The summed E-state index contributed by atoms with van der Waals surface area (Å²) in [6.07, 6.45) is 2.10. The van der Waals surface area contributed by atoms with Crippen molar-refractivity contribution in [2.45, 2.75) is 23.2 Å². The van der Waals surface area contributed by atoms with E-state index in [0.717, 1.165) is 29.2 Å². The second-order valence-corrected chi connectivity index (χ2v) is 7.11. The van der Waals surface area contributed by atoms with Crippen LogP contribution in [0.1, 0.15) is 12.8 Å². The van der Waals surface area contributed by atoms with Crippen LogP contribution >= 0.6 is 35.5 Å². The van der Waals surface area contributed by atoms with Gasteiger partial charge in [-0.3, -0.25) is 4.79 Å². The molecule has 0 saturated carbocycles. The van der Waals surface area contributed by atoms with E-state index in [9.17, 15) is 4.79 Å². The fraction of sp³-hybridized carbons (Fsp3) is 0.429. The van der Waals surface area contributed by atoms with Crippen LogP contribution in [0.4, 0.5) is 0 Å². The molecule has 2 N–H and O–H groups in total. The van der Waals surface area contributed by atoms with Crippen molar-refractivity contribution < 1.29 is 4.79 Å². The highest BCUT2D eigenvalue weighted by molar-refractivity contribution is 8.01. The van der Waals surface area contributed by atoms with Gasteiger partial charge < -0.3 is 10.6 Å². The van der Waals surface area contributed by atoms with E-state index >= 15 is 0 Å². The van der Waals surface area contributed by atoms with Crippen LogP contribution in [0.15, 0.2) is 28.6 Å². The molecule has 3 rings (SSSR count). The van der Waals surface area contributed by atoms with Crippen LogP contribution in [0.5, 0.6) is 0 Å². The number of likely N-dealkylation sites (tertiary alicyclic amines) is 1. The molecular formula is C14H18ClN3OS2. The summed E-state index contributed by atoms with van der Waals surface area (Å²) in [5.41, 5.74) is 6.72. The Morgan fingerprint density at radius 2 is 2.29 bits per heavy atom. The minimum Gasteiger partial charge on any atom is -0.338 e. The second kappa shape index (κ2) is 7.45. The quantitative estimate of drug-likeness (QED) is 0.867. The van der Waals surface area contributed by atoms with Crippen LogP contribution in [0.25, 0.3) is 10.2 Å². The van der Waals surface area contributed by atoms with Crippen molar-refractivity contribution in [3.8, 4) is 0 Å². The molecule has 0 aliphatic carbocycles. The molecule has 1 aliphatic heterocycles. The fourth-order valence-corrected chi connectivity index (χ4v) is 4.48. The lowest BCUT2D eigenvalue weighted by molar-refractivity contribution is -0.128. The Kier molecular flexibility index (Phi) is 5.87. The van der Waals surface area contributed by atoms with E-state index in [1.807, 2.05) is 23.1 Å². The summed E-state index contributed by atoms with van der Waals surface area (Å²) in [6.45, 7) is 1.42. The van der Waals surface area contributed by atoms with Crippen molar-refractivity contribution in [3.05, 3.63) is 24.3 Å². The average Bonchev–Trinajstić information content (AvgIpc) is 3.10. The lowest BCUT2D eigenvalue weighted by Crippen LogP contribution is -2.40. The molecule has 0 bridgehead atoms. The predicted octanol–water partition coefficient (Wildman–Crippen LogP) is 2.76. The number of aromatic nitrogens is 1. The van der Waals surface area contributed by atoms with Gasteiger partial charge in [-0.25, -0.2) is 4.98 Å².